The summed E-state index contributed by atoms with van der Waals surface area (Å²) in [7, 11) is 0. The molecule has 112 valence electrons. The molecule has 5 nitrogen and oxygen atoms in total. The molecule has 0 bridgehead atoms. The number of nitro benzene ring substituents is 1. The molecule has 1 atom stereocenters. The second-order valence-corrected chi connectivity index (χ2v) is 5.59. The van der Waals surface area contributed by atoms with Gasteiger partial charge in [-0.2, -0.15) is 4.39 Å². The zero-order valence-corrected chi connectivity index (χ0v) is 11.1. The van der Waals surface area contributed by atoms with Gasteiger partial charge in [-0.25, -0.2) is 4.39 Å². The van der Waals surface area contributed by atoms with Gasteiger partial charge in [0, 0.05) is 12.5 Å². The SMILES string of the molecule is O=C1CC(Oc2cc(F)c([N+](=O)[O-])cc2F)C12CCCC2. The fraction of sp³-hybridized carbons (Fsp3) is 0.500. The lowest BCUT2D eigenvalue weighted by Crippen LogP contribution is -2.55. The molecule has 1 aromatic carbocycles. The van der Waals surface area contributed by atoms with E-state index in [2.05, 4.69) is 0 Å². The number of carbonyl (C=O) groups excluding carboxylic acids is 1. The molecule has 0 radical (unpaired) electrons. The molecule has 2 aliphatic rings. The van der Waals surface area contributed by atoms with E-state index in [1.54, 1.807) is 0 Å². The predicted octanol–water partition coefficient (Wildman–Crippen LogP) is 3.15. The maximum absolute atomic E-state index is 13.8. The third kappa shape index (κ3) is 2.07. The Morgan fingerprint density at radius 3 is 2.48 bits per heavy atom. The number of rotatable bonds is 3. The molecule has 0 saturated heterocycles. The van der Waals surface area contributed by atoms with Crippen molar-refractivity contribution in [3.8, 4) is 5.75 Å². The van der Waals surface area contributed by atoms with Crippen LogP contribution < -0.4 is 4.74 Å². The number of nitro groups is 1. The van der Waals surface area contributed by atoms with E-state index in [0.717, 1.165) is 12.8 Å². The van der Waals surface area contributed by atoms with Crippen molar-refractivity contribution in [2.75, 3.05) is 0 Å². The Labute approximate surface area is 119 Å². The minimum absolute atomic E-state index is 0.104. The summed E-state index contributed by atoms with van der Waals surface area (Å²) in [5, 5.41) is 10.5. The summed E-state index contributed by atoms with van der Waals surface area (Å²) in [4.78, 5) is 21.4. The van der Waals surface area contributed by atoms with Crippen molar-refractivity contribution in [2.24, 2.45) is 5.41 Å². The minimum atomic E-state index is -1.15. The molecular weight excluding hydrogens is 284 g/mol. The van der Waals surface area contributed by atoms with E-state index in [0.29, 0.717) is 25.0 Å². The predicted molar refractivity (Wildman–Crippen MR) is 68.0 cm³/mol. The summed E-state index contributed by atoms with van der Waals surface area (Å²) < 4.78 is 32.8. The first-order valence-electron chi connectivity index (χ1n) is 6.77. The van der Waals surface area contributed by atoms with Crippen LogP contribution in [0.25, 0.3) is 0 Å². The van der Waals surface area contributed by atoms with Gasteiger partial charge in [-0.1, -0.05) is 12.8 Å². The highest BCUT2D eigenvalue weighted by atomic mass is 19.1. The number of hydrogen-bond acceptors (Lipinski definition) is 4. The van der Waals surface area contributed by atoms with Gasteiger partial charge < -0.3 is 4.74 Å². The Hall–Kier alpha value is -2.05. The van der Waals surface area contributed by atoms with Crippen molar-refractivity contribution in [3.05, 3.63) is 33.9 Å². The second-order valence-electron chi connectivity index (χ2n) is 5.59. The van der Waals surface area contributed by atoms with Crippen LogP contribution in [0.2, 0.25) is 0 Å². The van der Waals surface area contributed by atoms with Crippen LogP contribution in [0.4, 0.5) is 14.5 Å². The molecule has 1 aromatic rings. The molecule has 2 saturated carbocycles. The monoisotopic (exact) mass is 297 g/mol. The summed E-state index contributed by atoms with van der Waals surface area (Å²) in [5.74, 6) is -2.41. The lowest BCUT2D eigenvalue weighted by Gasteiger charge is -2.44. The van der Waals surface area contributed by atoms with E-state index in [9.17, 15) is 23.7 Å². The van der Waals surface area contributed by atoms with Crippen molar-refractivity contribution in [1.29, 1.82) is 0 Å². The van der Waals surface area contributed by atoms with E-state index in [-0.39, 0.29) is 18.0 Å². The van der Waals surface area contributed by atoms with Gasteiger partial charge in [-0.3, -0.25) is 14.9 Å². The standard InChI is InChI=1S/C14H13F2NO4/c15-8-6-11(9(16)5-10(8)17(19)20)21-13-7-12(18)14(13)3-1-2-4-14/h5-6,13H,1-4,7H2. The van der Waals surface area contributed by atoms with Crippen molar-refractivity contribution in [2.45, 2.75) is 38.2 Å². The highest BCUT2D eigenvalue weighted by Gasteiger charge is 2.57. The number of hydrogen-bond donors (Lipinski definition) is 0. The third-order valence-corrected chi connectivity index (χ3v) is 4.51. The van der Waals surface area contributed by atoms with Gasteiger partial charge in [0.1, 0.15) is 11.9 Å². The van der Waals surface area contributed by atoms with Gasteiger partial charge in [0.2, 0.25) is 5.82 Å². The number of halogens is 2. The van der Waals surface area contributed by atoms with Gasteiger partial charge >= 0.3 is 5.69 Å². The maximum atomic E-state index is 13.8. The van der Waals surface area contributed by atoms with E-state index >= 15 is 0 Å². The van der Waals surface area contributed by atoms with E-state index in [1.165, 1.54) is 0 Å². The number of benzene rings is 1. The Morgan fingerprint density at radius 1 is 1.24 bits per heavy atom. The fourth-order valence-electron chi connectivity index (χ4n) is 3.28. The topological polar surface area (TPSA) is 69.4 Å². The number of ether oxygens (including phenoxy) is 1. The van der Waals surface area contributed by atoms with Gasteiger partial charge in [0.05, 0.1) is 16.4 Å². The highest BCUT2D eigenvalue weighted by Crippen LogP contribution is 2.52. The Balaban J connectivity index is 1.84. The molecule has 3 rings (SSSR count). The van der Waals surface area contributed by atoms with Crippen LogP contribution in [0.15, 0.2) is 12.1 Å². The average molecular weight is 297 g/mol. The van der Waals surface area contributed by atoms with Gasteiger partial charge in [-0.05, 0) is 12.8 Å². The third-order valence-electron chi connectivity index (χ3n) is 4.51. The Bertz CT molecular complexity index is 626. The van der Waals surface area contributed by atoms with Crippen LogP contribution in [0.3, 0.4) is 0 Å². The van der Waals surface area contributed by atoms with Crippen molar-refractivity contribution in [1.82, 2.24) is 0 Å². The van der Waals surface area contributed by atoms with Gasteiger partial charge in [-0.15, -0.1) is 0 Å². The van der Waals surface area contributed by atoms with Crippen molar-refractivity contribution >= 4 is 11.5 Å². The molecule has 0 amide bonds. The van der Waals surface area contributed by atoms with E-state index < -0.39 is 33.8 Å². The number of nitrogens with zero attached hydrogens (tertiary/aromatic N) is 1. The average Bonchev–Trinajstić information content (AvgIpc) is 2.94. The largest absolute Gasteiger partial charge is 0.486 e. The Kier molecular flexibility index (Phi) is 3.15. The van der Waals surface area contributed by atoms with E-state index in [4.69, 9.17) is 4.74 Å². The number of ketones is 1. The molecule has 0 aromatic heterocycles. The molecule has 2 aliphatic carbocycles. The van der Waals surface area contributed by atoms with Gasteiger partial charge in [0.15, 0.2) is 11.6 Å². The minimum Gasteiger partial charge on any atom is -0.486 e. The summed E-state index contributed by atoms with van der Waals surface area (Å²) in [6.07, 6.45) is 2.95. The number of carbonyl (C=O) groups is 1. The molecule has 1 spiro atoms. The zero-order valence-electron chi connectivity index (χ0n) is 11.1. The maximum Gasteiger partial charge on any atom is 0.307 e. The quantitative estimate of drug-likeness (QED) is 0.634. The first-order chi connectivity index (χ1) is 9.94. The highest BCUT2D eigenvalue weighted by molar-refractivity contribution is 5.92. The molecular formula is C14H13F2NO4. The van der Waals surface area contributed by atoms with Crippen molar-refractivity contribution < 1.29 is 23.2 Å². The van der Waals surface area contributed by atoms with Crippen LogP contribution in [-0.2, 0) is 4.79 Å². The second kappa shape index (κ2) is 4.75. The Morgan fingerprint density at radius 2 is 1.90 bits per heavy atom. The van der Waals surface area contributed by atoms with Crippen LogP contribution >= 0.6 is 0 Å². The first-order valence-corrected chi connectivity index (χ1v) is 6.77. The lowest BCUT2D eigenvalue weighted by molar-refractivity contribution is -0.387. The lowest BCUT2D eigenvalue weighted by atomic mass is 9.63. The molecule has 1 unspecified atom stereocenters. The smallest absolute Gasteiger partial charge is 0.307 e. The normalized spacial score (nSPS) is 23.1. The van der Waals surface area contributed by atoms with Crippen LogP contribution in [0.1, 0.15) is 32.1 Å². The van der Waals surface area contributed by atoms with Gasteiger partial charge in [0.25, 0.3) is 0 Å². The summed E-state index contributed by atoms with van der Waals surface area (Å²) >= 11 is 0. The molecule has 0 N–H and O–H groups in total. The first kappa shape index (κ1) is 13.9. The van der Waals surface area contributed by atoms with Crippen LogP contribution in [0.5, 0.6) is 5.75 Å². The zero-order chi connectivity index (χ0) is 15.2. The summed E-state index contributed by atoms with van der Waals surface area (Å²) in [6, 6.07) is 1.19. The summed E-state index contributed by atoms with van der Waals surface area (Å²) in [6.45, 7) is 0. The van der Waals surface area contributed by atoms with Crippen LogP contribution in [0, 0.1) is 27.2 Å². The fourth-order valence-corrected chi connectivity index (χ4v) is 3.28. The molecule has 0 aliphatic heterocycles. The van der Waals surface area contributed by atoms with Crippen LogP contribution in [-0.4, -0.2) is 16.8 Å². The molecule has 2 fully saturated rings. The molecule has 0 heterocycles. The van der Waals surface area contributed by atoms with E-state index in [1.807, 2.05) is 0 Å². The summed E-state index contributed by atoms with van der Waals surface area (Å²) in [5.41, 5.74) is -1.50. The van der Waals surface area contributed by atoms with Crippen molar-refractivity contribution in [3.63, 3.8) is 0 Å². The molecule has 7 heteroatoms. The number of Topliss-reactive ketones (excluding diaryl/α,β-unsaturated/α-hetero) is 1. The molecule has 21 heavy (non-hydrogen) atoms.